The molecule has 4 rings (SSSR count). The second-order valence-electron chi connectivity index (χ2n) is 6.84. The number of furan rings is 1. The highest BCUT2D eigenvalue weighted by molar-refractivity contribution is 7.16. The molecule has 0 saturated carbocycles. The summed E-state index contributed by atoms with van der Waals surface area (Å²) in [6, 6.07) is 8.19. The molecule has 4 heterocycles. The number of nitrogens with one attached hydrogen (secondary N) is 1. The highest BCUT2D eigenvalue weighted by atomic mass is 32.1. The van der Waals surface area contributed by atoms with E-state index in [9.17, 15) is 4.79 Å². The van der Waals surface area contributed by atoms with Crippen LogP contribution in [0.5, 0.6) is 0 Å². The minimum atomic E-state index is 0.0320. The van der Waals surface area contributed by atoms with Gasteiger partial charge in [0.1, 0.15) is 5.76 Å². The van der Waals surface area contributed by atoms with Gasteiger partial charge in [-0.1, -0.05) is 0 Å². The molecule has 1 aliphatic rings. The van der Waals surface area contributed by atoms with Gasteiger partial charge in [0.05, 0.1) is 28.4 Å². The Labute approximate surface area is 172 Å². The van der Waals surface area contributed by atoms with Gasteiger partial charge in [-0.15, -0.1) is 22.7 Å². The Kier molecular flexibility index (Phi) is 6.09. The van der Waals surface area contributed by atoms with Crippen LogP contribution < -0.4 is 5.32 Å². The molecule has 1 fully saturated rings. The Hall–Kier alpha value is -2.16. The zero-order valence-corrected chi connectivity index (χ0v) is 17.5. The summed E-state index contributed by atoms with van der Waals surface area (Å²) in [5.74, 6) is 0.973. The van der Waals surface area contributed by atoms with E-state index in [0.717, 1.165) is 55.6 Å². The van der Waals surface area contributed by atoms with Crippen LogP contribution in [0.1, 0.15) is 15.6 Å². The maximum absolute atomic E-state index is 12.4. The molecule has 8 heteroatoms. The van der Waals surface area contributed by atoms with E-state index in [0.29, 0.717) is 6.54 Å². The van der Waals surface area contributed by atoms with Crippen LogP contribution in [0.25, 0.3) is 10.6 Å². The van der Waals surface area contributed by atoms with Crippen molar-refractivity contribution in [1.82, 2.24) is 20.1 Å². The number of aromatic nitrogens is 1. The first kappa shape index (κ1) is 19.2. The maximum atomic E-state index is 12.4. The summed E-state index contributed by atoms with van der Waals surface area (Å²) in [7, 11) is 0. The zero-order chi connectivity index (χ0) is 19.3. The number of aryl methyl sites for hydroxylation is 1. The summed E-state index contributed by atoms with van der Waals surface area (Å²) < 4.78 is 5.40. The molecule has 6 nitrogen and oxygen atoms in total. The number of amides is 2. The molecule has 1 N–H and O–H groups in total. The van der Waals surface area contributed by atoms with Crippen LogP contribution in [0.3, 0.4) is 0 Å². The summed E-state index contributed by atoms with van der Waals surface area (Å²) in [6.07, 6.45) is 2.55. The van der Waals surface area contributed by atoms with Crippen molar-refractivity contribution in [3.05, 3.63) is 51.6 Å². The molecule has 1 saturated heterocycles. The van der Waals surface area contributed by atoms with E-state index in [1.54, 1.807) is 28.9 Å². The predicted octanol–water partition coefficient (Wildman–Crippen LogP) is 3.84. The lowest BCUT2D eigenvalue weighted by Crippen LogP contribution is -2.51. The fraction of sp³-hybridized carbons (Fsp3) is 0.400. The van der Waals surface area contributed by atoms with Crippen molar-refractivity contribution in [2.24, 2.45) is 0 Å². The van der Waals surface area contributed by atoms with E-state index in [1.165, 1.54) is 9.75 Å². The van der Waals surface area contributed by atoms with E-state index < -0.39 is 0 Å². The van der Waals surface area contributed by atoms with Crippen molar-refractivity contribution in [2.45, 2.75) is 19.9 Å². The number of piperazine rings is 1. The fourth-order valence-corrected chi connectivity index (χ4v) is 4.92. The average molecular weight is 417 g/mol. The summed E-state index contributed by atoms with van der Waals surface area (Å²) in [6.45, 7) is 6.72. The number of hydrogen-bond donors (Lipinski definition) is 1. The molecule has 0 bridgehead atoms. The number of carbonyl (C=O) groups is 1. The Morgan fingerprint density at radius 1 is 1.25 bits per heavy atom. The van der Waals surface area contributed by atoms with Crippen LogP contribution in [0.4, 0.5) is 4.79 Å². The molecule has 28 heavy (non-hydrogen) atoms. The van der Waals surface area contributed by atoms with Gasteiger partial charge in [-0.05, 0) is 37.6 Å². The second kappa shape index (κ2) is 8.89. The molecule has 0 aliphatic carbocycles. The summed E-state index contributed by atoms with van der Waals surface area (Å²) in [4.78, 5) is 23.6. The van der Waals surface area contributed by atoms with Crippen LogP contribution in [0.2, 0.25) is 0 Å². The van der Waals surface area contributed by atoms with Crippen molar-refractivity contribution in [3.63, 3.8) is 0 Å². The molecule has 0 radical (unpaired) electrons. The van der Waals surface area contributed by atoms with Crippen LogP contribution in [0.15, 0.2) is 40.3 Å². The number of thiazole rings is 1. The van der Waals surface area contributed by atoms with Crippen molar-refractivity contribution >= 4 is 28.7 Å². The molecule has 0 aromatic carbocycles. The largest absolute Gasteiger partial charge is 0.468 e. The SMILES string of the molecule is Cc1nc(-c2ccc(CCNC(=O)N3CCN(Cc4ccco4)CC3)s2)cs1. The van der Waals surface area contributed by atoms with Crippen molar-refractivity contribution < 1.29 is 9.21 Å². The quantitative estimate of drug-likeness (QED) is 0.663. The molecule has 0 atom stereocenters. The van der Waals surface area contributed by atoms with Crippen LogP contribution >= 0.6 is 22.7 Å². The summed E-state index contributed by atoms with van der Waals surface area (Å²) in [5.41, 5.74) is 1.05. The lowest BCUT2D eigenvalue weighted by atomic mass is 10.3. The summed E-state index contributed by atoms with van der Waals surface area (Å²) >= 11 is 3.42. The van der Waals surface area contributed by atoms with Gasteiger partial charge < -0.3 is 14.6 Å². The number of nitrogens with zero attached hydrogens (tertiary/aromatic N) is 3. The molecular weight excluding hydrogens is 392 g/mol. The second-order valence-corrected chi connectivity index (χ2v) is 9.07. The normalized spacial score (nSPS) is 15.1. The molecular formula is C20H24N4O2S2. The minimum absolute atomic E-state index is 0.0320. The third-order valence-electron chi connectivity index (χ3n) is 4.80. The topological polar surface area (TPSA) is 61.6 Å². The highest BCUT2D eigenvalue weighted by Crippen LogP contribution is 2.29. The molecule has 3 aromatic rings. The molecule has 148 valence electrons. The molecule has 1 aliphatic heterocycles. The highest BCUT2D eigenvalue weighted by Gasteiger charge is 2.21. The Bertz CT molecular complexity index is 895. The third-order valence-corrected chi connectivity index (χ3v) is 6.74. The number of hydrogen-bond acceptors (Lipinski definition) is 6. The first-order valence-electron chi connectivity index (χ1n) is 9.46. The lowest BCUT2D eigenvalue weighted by molar-refractivity contribution is 0.130. The maximum Gasteiger partial charge on any atom is 0.317 e. The van der Waals surface area contributed by atoms with Crippen molar-refractivity contribution in [2.75, 3.05) is 32.7 Å². The number of carbonyl (C=O) groups excluding carboxylic acids is 1. The monoisotopic (exact) mass is 416 g/mol. The third kappa shape index (κ3) is 4.81. The zero-order valence-electron chi connectivity index (χ0n) is 15.9. The fourth-order valence-electron chi connectivity index (χ4n) is 3.26. The van der Waals surface area contributed by atoms with Gasteiger partial charge in [0, 0.05) is 43.0 Å². The number of thiophene rings is 1. The Morgan fingerprint density at radius 3 is 2.82 bits per heavy atom. The van der Waals surface area contributed by atoms with Crippen LogP contribution in [-0.4, -0.2) is 53.5 Å². The lowest BCUT2D eigenvalue weighted by Gasteiger charge is -2.34. The molecule has 0 spiro atoms. The Morgan fingerprint density at radius 2 is 2.11 bits per heavy atom. The van der Waals surface area contributed by atoms with Gasteiger partial charge in [-0.3, -0.25) is 4.90 Å². The predicted molar refractivity (Wildman–Crippen MR) is 113 cm³/mol. The number of rotatable bonds is 6. The molecule has 3 aromatic heterocycles. The number of urea groups is 1. The average Bonchev–Trinajstić information content (AvgIpc) is 3.44. The first-order valence-corrected chi connectivity index (χ1v) is 11.2. The van der Waals surface area contributed by atoms with E-state index in [1.807, 2.05) is 24.0 Å². The van der Waals surface area contributed by atoms with E-state index in [-0.39, 0.29) is 6.03 Å². The van der Waals surface area contributed by atoms with Gasteiger partial charge in [-0.2, -0.15) is 0 Å². The van der Waals surface area contributed by atoms with E-state index in [4.69, 9.17) is 4.42 Å². The van der Waals surface area contributed by atoms with Gasteiger partial charge in [-0.25, -0.2) is 9.78 Å². The van der Waals surface area contributed by atoms with Crippen LogP contribution in [0, 0.1) is 6.92 Å². The first-order chi connectivity index (χ1) is 13.7. The van der Waals surface area contributed by atoms with Gasteiger partial charge in [0.2, 0.25) is 0 Å². The van der Waals surface area contributed by atoms with Crippen LogP contribution in [-0.2, 0) is 13.0 Å². The standard InChI is InChI=1S/C20H24N4O2S2/c1-15-22-18(14-27-15)19-5-4-17(28-19)6-7-21-20(25)24-10-8-23(9-11-24)13-16-3-2-12-26-16/h2-5,12,14H,6-11,13H2,1H3,(H,21,25). The van der Waals surface area contributed by atoms with Gasteiger partial charge in [0.25, 0.3) is 0 Å². The van der Waals surface area contributed by atoms with Crippen molar-refractivity contribution in [3.8, 4) is 10.6 Å². The van der Waals surface area contributed by atoms with Gasteiger partial charge >= 0.3 is 6.03 Å². The minimum Gasteiger partial charge on any atom is -0.468 e. The van der Waals surface area contributed by atoms with E-state index >= 15 is 0 Å². The van der Waals surface area contributed by atoms with Crippen molar-refractivity contribution in [1.29, 1.82) is 0 Å². The molecule has 0 unspecified atom stereocenters. The van der Waals surface area contributed by atoms with E-state index in [2.05, 4.69) is 32.7 Å². The van der Waals surface area contributed by atoms with Gasteiger partial charge in [0.15, 0.2) is 0 Å². The Balaban J connectivity index is 1.18. The summed E-state index contributed by atoms with van der Waals surface area (Å²) in [5, 5.41) is 6.24. The molecule has 2 amide bonds. The smallest absolute Gasteiger partial charge is 0.317 e.